The molecule has 0 atom stereocenters. The highest BCUT2D eigenvalue weighted by Crippen LogP contribution is 2.23. The molecule has 0 amide bonds. The summed E-state index contributed by atoms with van der Waals surface area (Å²) in [6.07, 6.45) is 1.02. The van der Waals surface area contributed by atoms with Crippen LogP contribution in [0.5, 0.6) is 0 Å². The summed E-state index contributed by atoms with van der Waals surface area (Å²) in [5, 5.41) is -0.00865. The monoisotopic (exact) mass is 334 g/mol. The standard InChI is InChI=1S/C11H9ClF2N4O2S/c12-8-4-7(5-16-11(8)17-15)21(19,20)18-6-1-2-9(13)10(14)3-6/h1-5,18H,15H2,(H,16,17). The second-order valence-electron chi connectivity index (χ2n) is 3.88. The van der Waals surface area contributed by atoms with E-state index in [-0.39, 0.29) is 21.4 Å². The molecule has 0 aliphatic rings. The van der Waals surface area contributed by atoms with Crippen molar-refractivity contribution in [2.75, 3.05) is 10.1 Å². The third-order valence-corrected chi connectivity index (χ3v) is 4.07. The number of nitrogen functional groups attached to an aromatic ring is 1. The number of hydrogen-bond acceptors (Lipinski definition) is 5. The molecular formula is C11H9ClF2N4O2S. The summed E-state index contributed by atoms with van der Waals surface area (Å²) in [4.78, 5) is 3.46. The zero-order valence-electron chi connectivity index (χ0n) is 10.3. The molecule has 2 aromatic rings. The van der Waals surface area contributed by atoms with Gasteiger partial charge in [-0.25, -0.2) is 28.0 Å². The van der Waals surface area contributed by atoms with Crippen LogP contribution in [-0.4, -0.2) is 13.4 Å². The van der Waals surface area contributed by atoms with Crippen LogP contribution in [0.15, 0.2) is 35.4 Å². The molecule has 4 N–H and O–H groups in total. The van der Waals surface area contributed by atoms with E-state index in [0.29, 0.717) is 0 Å². The van der Waals surface area contributed by atoms with E-state index < -0.39 is 21.7 Å². The number of nitrogens with two attached hydrogens (primary N) is 1. The molecule has 21 heavy (non-hydrogen) atoms. The number of rotatable bonds is 4. The average Bonchev–Trinajstić information content (AvgIpc) is 2.42. The number of nitrogens with zero attached hydrogens (tertiary/aromatic N) is 1. The molecular weight excluding hydrogens is 326 g/mol. The first kappa shape index (κ1) is 15.4. The van der Waals surface area contributed by atoms with Crippen LogP contribution >= 0.6 is 11.6 Å². The number of halogens is 3. The Morgan fingerprint density at radius 2 is 1.90 bits per heavy atom. The van der Waals surface area contributed by atoms with Gasteiger partial charge in [-0.3, -0.25) is 4.72 Å². The van der Waals surface area contributed by atoms with Gasteiger partial charge in [0.05, 0.1) is 10.7 Å². The fourth-order valence-electron chi connectivity index (χ4n) is 1.45. The minimum Gasteiger partial charge on any atom is -0.307 e. The van der Waals surface area contributed by atoms with Crippen molar-refractivity contribution in [2.24, 2.45) is 5.84 Å². The highest BCUT2D eigenvalue weighted by Gasteiger charge is 2.17. The normalized spacial score (nSPS) is 11.2. The summed E-state index contributed by atoms with van der Waals surface area (Å²) in [5.74, 6) is 2.97. The maximum absolute atomic E-state index is 13.1. The molecule has 0 saturated carbocycles. The summed E-state index contributed by atoms with van der Waals surface area (Å²) >= 11 is 5.78. The van der Waals surface area contributed by atoms with Gasteiger partial charge in [-0.1, -0.05) is 11.6 Å². The van der Waals surface area contributed by atoms with E-state index in [1.807, 2.05) is 0 Å². The zero-order valence-corrected chi connectivity index (χ0v) is 11.8. The molecule has 1 heterocycles. The molecule has 6 nitrogen and oxygen atoms in total. The van der Waals surface area contributed by atoms with Crippen molar-refractivity contribution in [3.8, 4) is 0 Å². The Bertz CT molecular complexity index is 786. The number of anilines is 2. The van der Waals surface area contributed by atoms with Crippen molar-refractivity contribution >= 4 is 33.1 Å². The van der Waals surface area contributed by atoms with E-state index >= 15 is 0 Å². The molecule has 112 valence electrons. The van der Waals surface area contributed by atoms with E-state index in [0.717, 1.165) is 30.5 Å². The van der Waals surface area contributed by atoms with Gasteiger partial charge in [0.1, 0.15) is 4.90 Å². The van der Waals surface area contributed by atoms with Gasteiger partial charge in [0.15, 0.2) is 17.5 Å². The van der Waals surface area contributed by atoms with Gasteiger partial charge in [0.2, 0.25) is 0 Å². The van der Waals surface area contributed by atoms with E-state index in [9.17, 15) is 17.2 Å². The van der Waals surface area contributed by atoms with Crippen molar-refractivity contribution in [1.29, 1.82) is 0 Å². The van der Waals surface area contributed by atoms with Gasteiger partial charge in [0, 0.05) is 12.3 Å². The first-order valence-corrected chi connectivity index (χ1v) is 7.29. The molecule has 0 radical (unpaired) electrons. The molecule has 1 aromatic heterocycles. The number of aromatic nitrogens is 1. The molecule has 0 aliphatic carbocycles. The highest BCUT2D eigenvalue weighted by atomic mass is 35.5. The SMILES string of the molecule is NNc1ncc(S(=O)(=O)Nc2ccc(F)c(F)c2)cc1Cl. The molecule has 0 fully saturated rings. The van der Waals surface area contributed by atoms with Crippen LogP contribution in [0.4, 0.5) is 20.3 Å². The van der Waals surface area contributed by atoms with Crippen molar-refractivity contribution in [2.45, 2.75) is 4.90 Å². The Kier molecular flexibility index (Phi) is 4.26. The highest BCUT2D eigenvalue weighted by molar-refractivity contribution is 7.92. The lowest BCUT2D eigenvalue weighted by Crippen LogP contribution is -2.15. The van der Waals surface area contributed by atoms with Gasteiger partial charge in [-0.05, 0) is 18.2 Å². The number of sulfonamides is 1. The number of hydrogen-bond donors (Lipinski definition) is 3. The van der Waals surface area contributed by atoms with Gasteiger partial charge in [-0.2, -0.15) is 0 Å². The molecule has 10 heteroatoms. The summed E-state index contributed by atoms with van der Waals surface area (Å²) in [6.45, 7) is 0. The molecule has 2 rings (SSSR count). The summed E-state index contributed by atoms with van der Waals surface area (Å²) in [5.41, 5.74) is 2.05. The van der Waals surface area contributed by atoms with Gasteiger partial charge in [-0.15, -0.1) is 0 Å². The molecule has 0 aliphatic heterocycles. The Hall–Kier alpha value is -1.97. The van der Waals surface area contributed by atoms with Gasteiger partial charge < -0.3 is 5.43 Å². The molecule has 0 bridgehead atoms. The van der Waals surface area contributed by atoms with E-state index in [1.54, 1.807) is 0 Å². The second kappa shape index (κ2) is 5.80. The quantitative estimate of drug-likeness (QED) is 0.587. The molecule has 0 unspecified atom stereocenters. The van der Waals surface area contributed by atoms with Crippen molar-refractivity contribution in [1.82, 2.24) is 4.98 Å². The summed E-state index contributed by atoms with van der Waals surface area (Å²) in [6, 6.07) is 3.73. The van der Waals surface area contributed by atoms with Crippen LogP contribution in [0.25, 0.3) is 0 Å². The van der Waals surface area contributed by atoms with E-state index in [2.05, 4.69) is 15.1 Å². The minimum absolute atomic E-state index is 0.00865. The number of benzene rings is 1. The second-order valence-corrected chi connectivity index (χ2v) is 5.97. The fourth-order valence-corrected chi connectivity index (χ4v) is 2.75. The average molecular weight is 335 g/mol. The van der Waals surface area contributed by atoms with Crippen LogP contribution in [0, 0.1) is 11.6 Å². The van der Waals surface area contributed by atoms with Crippen LogP contribution in [0.2, 0.25) is 5.02 Å². The third-order valence-electron chi connectivity index (χ3n) is 2.43. The largest absolute Gasteiger partial charge is 0.307 e. The zero-order chi connectivity index (χ0) is 15.6. The predicted molar refractivity (Wildman–Crippen MR) is 74.2 cm³/mol. The summed E-state index contributed by atoms with van der Waals surface area (Å²) < 4.78 is 52.1. The predicted octanol–water partition coefficient (Wildman–Crippen LogP) is 2.10. The van der Waals surface area contributed by atoms with Crippen molar-refractivity contribution < 1.29 is 17.2 Å². The Labute approximate surface area is 124 Å². The van der Waals surface area contributed by atoms with Crippen molar-refractivity contribution in [3.05, 3.63) is 47.1 Å². The van der Waals surface area contributed by atoms with E-state index in [4.69, 9.17) is 17.4 Å². The van der Waals surface area contributed by atoms with Gasteiger partial charge >= 0.3 is 0 Å². The maximum Gasteiger partial charge on any atom is 0.263 e. The lowest BCUT2D eigenvalue weighted by molar-refractivity contribution is 0.509. The van der Waals surface area contributed by atoms with Crippen LogP contribution in [0.1, 0.15) is 0 Å². The Morgan fingerprint density at radius 1 is 1.19 bits per heavy atom. The van der Waals surface area contributed by atoms with Crippen molar-refractivity contribution in [3.63, 3.8) is 0 Å². The Balaban J connectivity index is 2.33. The molecule has 1 aromatic carbocycles. The first-order chi connectivity index (χ1) is 9.83. The fraction of sp³-hybridized carbons (Fsp3) is 0. The first-order valence-electron chi connectivity index (χ1n) is 5.43. The van der Waals surface area contributed by atoms with Crippen LogP contribution < -0.4 is 16.0 Å². The topological polar surface area (TPSA) is 97.1 Å². The lowest BCUT2D eigenvalue weighted by Gasteiger charge is -2.09. The lowest BCUT2D eigenvalue weighted by atomic mass is 10.3. The van der Waals surface area contributed by atoms with Gasteiger partial charge in [0.25, 0.3) is 10.0 Å². The van der Waals surface area contributed by atoms with E-state index in [1.165, 1.54) is 0 Å². The number of pyridine rings is 1. The smallest absolute Gasteiger partial charge is 0.263 e. The number of hydrazine groups is 1. The summed E-state index contributed by atoms with van der Waals surface area (Å²) in [7, 11) is -4.05. The maximum atomic E-state index is 13.1. The third kappa shape index (κ3) is 3.38. The molecule has 0 saturated heterocycles. The Morgan fingerprint density at radius 3 is 2.48 bits per heavy atom. The van der Waals surface area contributed by atoms with Crippen LogP contribution in [-0.2, 0) is 10.0 Å². The van der Waals surface area contributed by atoms with Crippen LogP contribution in [0.3, 0.4) is 0 Å². The number of nitrogens with one attached hydrogen (secondary N) is 2. The minimum atomic E-state index is -4.05. The molecule has 0 spiro atoms.